The second kappa shape index (κ2) is 5.40. The Balaban J connectivity index is 1.57. The lowest BCUT2D eigenvalue weighted by Crippen LogP contribution is -2.56. The number of aromatic amines is 1. The summed E-state index contributed by atoms with van der Waals surface area (Å²) in [7, 11) is 0. The van der Waals surface area contributed by atoms with Crippen LogP contribution < -0.4 is 10.3 Å². The molecule has 1 aliphatic rings. The van der Waals surface area contributed by atoms with E-state index in [1.807, 2.05) is 19.1 Å². The van der Waals surface area contributed by atoms with E-state index in [4.69, 9.17) is 4.74 Å². The van der Waals surface area contributed by atoms with E-state index in [2.05, 4.69) is 9.97 Å². The average molecular weight is 285 g/mol. The van der Waals surface area contributed by atoms with Gasteiger partial charge in [0.25, 0.3) is 5.91 Å². The van der Waals surface area contributed by atoms with Gasteiger partial charge in [-0.2, -0.15) is 0 Å². The van der Waals surface area contributed by atoms with Gasteiger partial charge in [0.1, 0.15) is 6.10 Å². The second-order valence-corrected chi connectivity index (χ2v) is 5.01. The molecule has 108 valence electrons. The molecular formula is C15H15N3O3. The predicted molar refractivity (Wildman–Crippen MR) is 76.4 cm³/mol. The van der Waals surface area contributed by atoms with Crippen LogP contribution in [0.2, 0.25) is 0 Å². The molecule has 0 aromatic carbocycles. The highest BCUT2D eigenvalue weighted by Crippen LogP contribution is 2.18. The summed E-state index contributed by atoms with van der Waals surface area (Å²) in [5, 5.41) is 0. The third-order valence-electron chi connectivity index (χ3n) is 3.32. The highest BCUT2D eigenvalue weighted by molar-refractivity contribution is 5.94. The number of pyridine rings is 2. The van der Waals surface area contributed by atoms with E-state index in [-0.39, 0.29) is 17.6 Å². The highest BCUT2D eigenvalue weighted by atomic mass is 16.5. The van der Waals surface area contributed by atoms with Crippen LogP contribution in [0.5, 0.6) is 5.88 Å². The van der Waals surface area contributed by atoms with Gasteiger partial charge in [0.2, 0.25) is 11.4 Å². The summed E-state index contributed by atoms with van der Waals surface area (Å²) >= 11 is 0. The summed E-state index contributed by atoms with van der Waals surface area (Å²) in [6.07, 6.45) is 1.40. The van der Waals surface area contributed by atoms with Crippen LogP contribution in [-0.2, 0) is 0 Å². The van der Waals surface area contributed by atoms with E-state index in [0.717, 1.165) is 5.69 Å². The van der Waals surface area contributed by atoms with Crippen LogP contribution in [0.4, 0.5) is 0 Å². The number of ether oxygens (including phenoxy) is 1. The fourth-order valence-electron chi connectivity index (χ4n) is 2.16. The molecule has 1 N–H and O–H groups in total. The van der Waals surface area contributed by atoms with E-state index >= 15 is 0 Å². The number of amides is 1. The standard InChI is InChI=1S/C15H15N3O3/c1-10-3-2-4-14(17-10)21-12-8-18(9-12)15(20)11-5-6-13(19)16-7-11/h2-7,12H,8-9H2,1H3,(H,16,19). The highest BCUT2D eigenvalue weighted by Gasteiger charge is 2.33. The number of rotatable bonds is 3. The molecule has 21 heavy (non-hydrogen) atoms. The SMILES string of the molecule is Cc1cccc(OC2CN(C(=O)c3ccc(=O)[nH]c3)C2)n1. The van der Waals surface area contributed by atoms with Gasteiger partial charge in [-0.25, -0.2) is 4.98 Å². The number of nitrogens with one attached hydrogen (secondary N) is 1. The Kier molecular flexibility index (Phi) is 3.43. The number of nitrogens with zero attached hydrogens (tertiary/aromatic N) is 2. The van der Waals surface area contributed by atoms with Crippen molar-refractivity contribution in [1.82, 2.24) is 14.9 Å². The quantitative estimate of drug-likeness (QED) is 0.912. The van der Waals surface area contributed by atoms with Crippen molar-refractivity contribution in [3.05, 3.63) is 58.1 Å². The van der Waals surface area contributed by atoms with E-state index in [1.165, 1.54) is 18.3 Å². The minimum absolute atomic E-state index is 0.0361. The molecule has 3 rings (SSSR count). The number of likely N-dealkylation sites (tertiary alicyclic amines) is 1. The Bertz CT molecular complexity index is 700. The predicted octanol–water partition coefficient (Wildman–Crippen LogP) is 0.982. The number of hydrogen-bond acceptors (Lipinski definition) is 4. The molecule has 0 saturated carbocycles. The lowest BCUT2D eigenvalue weighted by Gasteiger charge is -2.38. The van der Waals surface area contributed by atoms with Crippen LogP contribution in [0.3, 0.4) is 0 Å². The van der Waals surface area contributed by atoms with Gasteiger partial charge >= 0.3 is 0 Å². The van der Waals surface area contributed by atoms with Gasteiger partial charge in [0.15, 0.2) is 0 Å². The van der Waals surface area contributed by atoms with Gasteiger partial charge in [0, 0.05) is 24.0 Å². The Hall–Kier alpha value is -2.63. The van der Waals surface area contributed by atoms with E-state index in [9.17, 15) is 9.59 Å². The van der Waals surface area contributed by atoms with Crippen molar-refractivity contribution in [1.29, 1.82) is 0 Å². The topological polar surface area (TPSA) is 75.3 Å². The van der Waals surface area contributed by atoms with Gasteiger partial charge < -0.3 is 14.6 Å². The zero-order valence-electron chi connectivity index (χ0n) is 11.6. The first-order chi connectivity index (χ1) is 10.1. The molecule has 1 fully saturated rings. The van der Waals surface area contributed by atoms with Crippen molar-refractivity contribution in [2.45, 2.75) is 13.0 Å². The zero-order valence-corrected chi connectivity index (χ0v) is 11.6. The summed E-state index contributed by atoms with van der Waals surface area (Å²) in [4.78, 5) is 31.5. The third-order valence-corrected chi connectivity index (χ3v) is 3.32. The fraction of sp³-hybridized carbons (Fsp3) is 0.267. The van der Waals surface area contributed by atoms with Crippen LogP contribution in [-0.4, -0.2) is 40.0 Å². The van der Waals surface area contributed by atoms with Crippen molar-refractivity contribution in [2.24, 2.45) is 0 Å². The molecule has 1 saturated heterocycles. The lowest BCUT2D eigenvalue weighted by molar-refractivity contribution is 0.0159. The van der Waals surface area contributed by atoms with Gasteiger partial charge in [-0.15, -0.1) is 0 Å². The van der Waals surface area contributed by atoms with Crippen LogP contribution >= 0.6 is 0 Å². The summed E-state index contributed by atoms with van der Waals surface area (Å²) in [5.74, 6) is 0.472. The summed E-state index contributed by atoms with van der Waals surface area (Å²) in [6, 6.07) is 8.47. The molecule has 0 unspecified atom stereocenters. The molecular weight excluding hydrogens is 270 g/mol. The fourth-order valence-corrected chi connectivity index (χ4v) is 2.16. The summed E-state index contributed by atoms with van der Waals surface area (Å²) in [6.45, 7) is 2.95. The normalized spacial score (nSPS) is 14.6. The van der Waals surface area contributed by atoms with E-state index in [1.54, 1.807) is 11.0 Å². The molecule has 1 aliphatic heterocycles. The maximum Gasteiger partial charge on any atom is 0.255 e. The monoisotopic (exact) mass is 285 g/mol. The van der Waals surface area contributed by atoms with Crippen LogP contribution in [0.25, 0.3) is 0 Å². The first kappa shape index (κ1) is 13.4. The van der Waals surface area contributed by atoms with Gasteiger partial charge in [-0.1, -0.05) is 6.07 Å². The molecule has 0 aliphatic carbocycles. The minimum Gasteiger partial charge on any atom is -0.471 e. The lowest BCUT2D eigenvalue weighted by atomic mass is 10.1. The molecule has 0 radical (unpaired) electrons. The zero-order chi connectivity index (χ0) is 14.8. The van der Waals surface area contributed by atoms with Gasteiger partial charge in [-0.3, -0.25) is 9.59 Å². The molecule has 0 spiro atoms. The van der Waals surface area contributed by atoms with Crippen molar-refractivity contribution in [3.63, 3.8) is 0 Å². The largest absolute Gasteiger partial charge is 0.471 e. The molecule has 2 aromatic rings. The maximum atomic E-state index is 12.1. The second-order valence-electron chi connectivity index (χ2n) is 5.01. The Labute approximate surface area is 121 Å². The molecule has 3 heterocycles. The molecule has 6 heteroatoms. The molecule has 2 aromatic heterocycles. The van der Waals surface area contributed by atoms with E-state index < -0.39 is 0 Å². The number of carbonyl (C=O) groups is 1. The van der Waals surface area contributed by atoms with Gasteiger partial charge in [-0.05, 0) is 19.1 Å². The first-order valence-corrected chi connectivity index (χ1v) is 6.70. The third kappa shape index (κ3) is 2.94. The number of carbonyl (C=O) groups excluding carboxylic acids is 1. The smallest absolute Gasteiger partial charge is 0.255 e. The van der Waals surface area contributed by atoms with Crippen molar-refractivity contribution in [3.8, 4) is 5.88 Å². The minimum atomic E-state index is -0.220. The number of H-pyrrole nitrogens is 1. The Morgan fingerprint density at radius 1 is 1.33 bits per heavy atom. The number of aryl methyl sites for hydroxylation is 1. The molecule has 0 bridgehead atoms. The number of aromatic nitrogens is 2. The maximum absolute atomic E-state index is 12.1. The van der Waals surface area contributed by atoms with Crippen molar-refractivity contribution >= 4 is 5.91 Å². The molecule has 6 nitrogen and oxygen atoms in total. The van der Waals surface area contributed by atoms with Crippen molar-refractivity contribution < 1.29 is 9.53 Å². The summed E-state index contributed by atoms with van der Waals surface area (Å²) in [5.41, 5.74) is 1.15. The van der Waals surface area contributed by atoms with Crippen LogP contribution in [0, 0.1) is 6.92 Å². The van der Waals surface area contributed by atoms with E-state index in [0.29, 0.717) is 24.5 Å². The van der Waals surface area contributed by atoms with Gasteiger partial charge in [0.05, 0.1) is 18.7 Å². The molecule has 0 atom stereocenters. The van der Waals surface area contributed by atoms with Crippen LogP contribution in [0.1, 0.15) is 16.1 Å². The van der Waals surface area contributed by atoms with Crippen molar-refractivity contribution in [2.75, 3.05) is 13.1 Å². The Morgan fingerprint density at radius 2 is 2.14 bits per heavy atom. The Morgan fingerprint density at radius 3 is 2.81 bits per heavy atom. The average Bonchev–Trinajstić information content (AvgIpc) is 2.42. The summed E-state index contributed by atoms with van der Waals surface area (Å²) < 4.78 is 5.70. The number of hydrogen-bond donors (Lipinski definition) is 1. The molecule has 1 amide bonds. The van der Waals surface area contributed by atoms with Crippen LogP contribution in [0.15, 0.2) is 41.3 Å². The first-order valence-electron chi connectivity index (χ1n) is 6.70.